The molecule has 0 unspecified atom stereocenters. The fourth-order valence-electron chi connectivity index (χ4n) is 4.97. The normalized spacial score (nSPS) is 15.2. The molecule has 0 radical (unpaired) electrons. The summed E-state index contributed by atoms with van der Waals surface area (Å²) >= 11 is 0. The van der Waals surface area contributed by atoms with E-state index in [0.717, 1.165) is 15.8 Å². The molecule has 2 aromatic heterocycles. The molecule has 3 heterocycles. The number of aromatic nitrogens is 3. The lowest BCUT2D eigenvalue weighted by atomic mass is 10.0. The highest BCUT2D eigenvalue weighted by Crippen LogP contribution is 2.45. The van der Waals surface area contributed by atoms with Crippen molar-refractivity contribution in [1.29, 1.82) is 0 Å². The Labute approximate surface area is 201 Å². The molecule has 1 aliphatic rings. The van der Waals surface area contributed by atoms with Crippen molar-refractivity contribution in [2.45, 2.75) is 12.6 Å². The van der Waals surface area contributed by atoms with Crippen LogP contribution in [0.5, 0.6) is 17.2 Å². The first kappa shape index (κ1) is 22.8. The van der Waals surface area contributed by atoms with Gasteiger partial charge in [0.25, 0.3) is 5.56 Å². The summed E-state index contributed by atoms with van der Waals surface area (Å²) in [5.74, 6) is 1.59. The van der Waals surface area contributed by atoms with Crippen molar-refractivity contribution in [3.8, 4) is 28.5 Å². The summed E-state index contributed by atoms with van der Waals surface area (Å²) in [7, 11) is 7.88. The molecule has 0 bridgehead atoms. The molecule has 35 heavy (non-hydrogen) atoms. The molecule has 0 N–H and O–H groups in total. The predicted molar refractivity (Wildman–Crippen MR) is 132 cm³/mol. The van der Waals surface area contributed by atoms with Gasteiger partial charge in [0.15, 0.2) is 11.5 Å². The minimum atomic E-state index is -0.615. The molecule has 4 aromatic rings. The number of nitrogens with zero attached hydrogens (tertiary/aromatic N) is 3. The Morgan fingerprint density at radius 2 is 1.54 bits per heavy atom. The first-order chi connectivity index (χ1) is 16.9. The van der Waals surface area contributed by atoms with Gasteiger partial charge in [0, 0.05) is 32.3 Å². The van der Waals surface area contributed by atoms with Crippen molar-refractivity contribution in [2.24, 2.45) is 14.1 Å². The fraction of sp³-hybridized carbons (Fsp3) is 0.308. The topological polar surface area (TPSA) is 85.9 Å². The molecule has 0 fully saturated rings. The fourth-order valence-corrected chi connectivity index (χ4v) is 4.97. The summed E-state index contributed by atoms with van der Waals surface area (Å²) in [5.41, 5.74) is 2.87. The van der Waals surface area contributed by atoms with Gasteiger partial charge >= 0.3 is 5.69 Å². The summed E-state index contributed by atoms with van der Waals surface area (Å²) in [6, 6.07) is 13.3. The Hall–Kier alpha value is -3.98. The molecule has 2 aromatic carbocycles. The zero-order chi connectivity index (χ0) is 24.9. The molecule has 9 heteroatoms. The summed E-state index contributed by atoms with van der Waals surface area (Å²) in [6.07, 6.45) is -0.615. The number of rotatable bonds is 5. The van der Waals surface area contributed by atoms with E-state index in [1.165, 1.54) is 11.6 Å². The maximum Gasteiger partial charge on any atom is 0.331 e. The number of methoxy groups -OCH3 is 3. The molecular weight excluding hydrogens is 450 g/mol. The summed E-state index contributed by atoms with van der Waals surface area (Å²) < 4.78 is 27.7. The van der Waals surface area contributed by atoms with Gasteiger partial charge in [0.1, 0.15) is 11.9 Å². The Morgan fingerprint density at radius 1 is 0.886 bits per heavy atom. The third-order valence-corrected chi connectivity index (χ3v) is 6.62. The molecule has 1 aliphatic heterocycles. The number of hydrogen-bond acceptors (Lipinski definition) is 6. The molecule has 182 valence electrons. The molecule has 0 saturated heterocycles. The molecule has 0 amide bonds. The van der Waals surface area contributed by atoms with Crippen molar-refractivity contribution in [3.05, 3.63) is 74.6 Å². The van der Waals surface area contributed by atoms with Gasteiger partial charge in [-0.3, -0.25) is 13.9 Å². The number of aryl methyl sites for hydroxylation is 1. The minimum absolute atomic E-state index is 0.345. The second kappa shape index (κ2) is 8.66. The maximum absolute atomic E-state index is 13.5. The third-order valence-electron chi connectivity index (χ3n) is 6.62. The first-order valence-corrected chi connectivity index (χ1v) is 11.2. The zero-order valence-electron chi connectivity index (χ0n) is 20.3. The predicted octanol–water partition coefficient (Wildman–Crippen LogP) is 2.85. The van der Waals surface area contributed by atoms with Crippen LogP contribution in [0, 0.1) is 0 Å². The lowest BCUT2D eigenvalue weighted by Gasteiger charge is -2.29. The lowest BCUT2D eigenvalue weighted by Crippen LogP contribution is -2.37. The van der Waals surface area contributed by atoms with Gasteiger partial charge in [0.2, 0.25) is 0 Å². The Bertz CT molecular complexity index is 1550. The summed E-state index contributed by atoms with van der Waals surface area (Å²) in [6.45, 7) is 0.932. The first-order valence-electron chi connectivity index (χ1n) is 11.2. The molecule has 9 nitrogen and oxygen atoms in total. The largest absolute Gasteiger partial charge is 0.496 e. The van der Waals surface area contributed by atoms with E-state index in [9.17, 15) is 9.59 Å². The smallest absolute Gasteiger partial charge is 0.331 e. The van der Waals surface area contributed by atoms with Gasteiger partial charge in [-0.25, -0.2) is 4.79 Å². The van der Waals surface area contributed by atoms with Gasteiger partial charge in [-0.1, -0.05) is 30.3 Å². The van der Waals surface area contributed by atoms with Crippen LogP contribution < -0.4 is 25.5 Å². The van der Waals surface area contributed by atoms with Crippen molar-refractivity contribution in [3.63, 3.8) is 0 Å². The minimum Gasteiger partial charge on any atom is -0.496 e. The van der Waals surface area contributed by atoms with Crippen LogP contribution in [0.3, 0.4) is 0 Å². The number of hydrogen-bond donors (Lipinski definition) is 0. The molecular formula is C26H27N3O6. The van der Waals surface area contributed by atoms with Crippen LogP contribution in [0.2, 0.25) is 0 Å². The molecule has 0 saturated carbocycles. The van der Waals surface area contributed by atoms with E-state index in [2.05, 4.69) is 4.57 Å². The molecule has 1 atom stereocenters. The SMILES string of the molecule is COc1cc(OC)c([C@@H]2OCCn3c(-c4ccccc4)c4c(=O)n(C)c(=O)n(C)c4c32)cc1OC. The van der Waals surface area contributed by atoms with E-state index in [1.54, 1.807) is 34.4 Å². The van der Waals surface area contributed by atoms with Gasteiger partial charge in [0.05, 0.1) is 50.2 Å². The Morgan fingerprint density at radius 3 is 2.20 bits per heavy atom. The van der Waals surface area contributed by atoms with E-state index in [0.29, 0.717) is 52.6 Å². The van der Waals surface area contributed by atoms with Crippen LogP contribution in [0.1, 0.15) is 17.4 Å². The van der Waals surface area contributed by atoms with Gasteiger partial charge in [-0.15, -0.1) is 0 Å². The van der Waals surface area contributed by atoms with E-state index < -0.39 is 11.8 Å². The van der Waals surface area contributed by atoms with E-state index in [1.807, 2.05) is 36.4 Å². The molecule has 5 rings (SSSR count). The van der Waals surface area contributed by atoms with E-state index >= 15 is 0 Å². The van der Waals surface area contributed by atoms with Crippen LogP contribution in [-0.4, -0.2) is 41.6 Å². The maximum atomic E-state index is 13.5. The second-order valence-corrected chi connectivity index (χ2v) is 8.38. The quantitative estimate of drug-likeness (QED) is 0.440. The van der Waals surface area contributed by atoms with Crippen LogP contribution in [0.4, 0.5) is 0 Å². The van der Waals surface area contributed by atoms with Crippen molar-refractivity contribution < 1.29 is 18.9 Å². The zero-order valence-corrected chi connectivity index (χ0v) is 20.3. The summed E-state index contributed by atoms with van der Waals surface area (Å²) in [5, 5.41) is 0.478. The standard InChI is InChI=1S/C26H27N3O6/c1-27-22-20(25(30)28(2)26(27)31)21(15-9-7-6-8-10-15)29-11-12-35-24(23(22)29)16-13-18(33-4)19(34-5)14-17(16)32-3/h6-10,13-14,24H,11-12H2,1-5H3/t24-/m0/s1. The Kier molecular flexibility index (Phi) is 5.64. The van der Waals surface area contributed by atoms with Crippen LogP contribution in [0.25, 0.3) is 22.2 Å². The monoisotopic (exact) mass is 477 g/mol. The van der Waals surface area contributed by atoms with Gasteiger partial charge in [-0.2, -0.15) is 0 Å². The second-order valence-electron chi connectivity index (χ2n) is 8.38. The highest BCUT2D eigenvalue weighted by atomic mass is 16.5. The number of benzene rings is 2. The van der Waals surface area contributed by atoms with Gasteiger partial charge in [-0.05, 0) is 11.6 Å². The highest BCUT2D eigenvalue weighted by Gasteiger charge is 2.35. The van der Waals surface area contributed by atoms with Crippen molar-refractivity contribution in [1.82, 2.24) is 13.7 Å². The van der Waals surface area contributed by atoms with Gasteiger partial charge < -0.3 is 23.5 Å². The lowest BCUT2D eigenvalue weighted by molar-refractivity contribution is 0.0462. The van der Waals surface area contributed by atoms with E-state index in [-0.39, 0.29) is 5.56 Å². The highest BCUT2D eigenvalue weighted by molar-refractivity contribution is 5.96. The van der Waals surface area contributed by atoms with Crippen molar-refractivity contribution >= 4 is 10.9 Å². The molecule has 0 spiro atoms. The third kappa shape index (κ3) is 3.34. The van der Waals surface area contributed by atoms with Crippen molar-refractivity contribution in [2.75, 3.05) is 27.9 Å². The number of fused-ring (bicyclic) bond motifs is 3. The van der Waals surface area contributed by atoms with Crippen LogP contribution >= 0.6 is 0 Å². The average molecular weight is 478 g/mol. The average Bonchev–Trinajstić information content (AvgIpc) is 3.26. The van der Waals surface area contributed by atoms with E-state index in [4.69, 9.17) is 18.9 Å². The van der Waals surface area contributed by atoms with Crippen LogP contribution in [0.15, 0.2) is 52.1 Å². The molecule has 0 aliphatic carbocycles. The summed E-state index contributed by atoms with van der Waals surface area (Å²) in [4.78, 5) is 26.5. The Balaban J connectivity index is 1.92. The number of ether oxygens (including phenoxy) is 4. The van der Waals surface area contributed by atoms with Crippen LogP contribution in [-0.2, 0) is 25.4 Å².